The first-order valence-corrected chi connectivity index (χ1v) is 7.30. The van der Waals surface area contributed by atoms with Gasteiger partial charge in [-0.2, -0.15) is 0 Å². The van der Waals surface area contributed by atoms with Crippen molar-refractivity contribution >= 4 is 11.6 Å². The molecule has 0 saturated carbocycles. The lowest BCUT2D eigenvalue weighted by atomic mass is 9.98. The smallest absolute Gasteiger partial charge is 0.254 e. The Balaban J connectivity index is 1.73. The molecule has 0 radical (unpaired) electrons. The fourth-order valence-electron chi connectivity index (χ4n) is 3.16. The summed E-state index contributed by atoms with van der Waals surface area (Å²) < 4.78 is 5.99. The lowest BCUT2D eigenvalue weighted by molar-refractivity contribution is -0.0268. The third-order valence-electron chi connectivity index (χ3n) is 4.28. The van der Waals surface area contributed by atoms with Crippen molar-refractivity contribution in [1.82, 2.24) is 4.90 Å². The van der Waals surface area contributed by atoms with Gasteiger partial charge in [-0.1, -0.05) is 6.07 Å². The van der Waals surface area contributed by atoms with Crippen LogP contribution in [-0.4, -0.2) is 35.6 Å². The highest BCUT2D eigenvalue weighted by Crippen LogP contribution is 2.31. The molecule has 1 fully saturated rings. The van der Waals surface area contributed by atoms with Crippen LogP contribution in [0.2, 0.25) is 0 Å². The zero-order valence-corrected chi connectivity index (χ0v) is 12.2. The van der Waals surface area contributed by atoms with E-state index in [1.165, 1.54) is 0 Å². The van der Waals surface area contributed by atoms with E-state index in [1.807, 2.05) is 17.0 Å². The van der Waals surface area contributed by atoms with Gasteiger partial charge < -0.3 is 15.4 Å². The highest BCUT2D eigenvalue weighted by molar-refractivity contribution is 5.97. The predicted molar refractivity (Wildman–Crippen MR) is 78.6 cm³/mol. The molecule has 1 saturated heterocycles. The van der Waals surface area contributed by atoms with Crippen LogP contribution in [0.1, 0.15) is 42.6 Å². The zero-order valence-electron chi connectivity index (χ0n) is 12.2. The van der Waals surface area contributed by atoms with Crippen molar-refractivity contribution < 1.29 is 9.53 Å². The van der Waals surface area contributed by atoms with Crippen LogP contribution >= 0.6 is 0 Å². The molecule has 0 aromatic heterocycles. The lowest BCUT2D eigenvalue weighted by Crippen LogP contribution is -2.42. The highest BCUT2D eigenvalue weighted by Gasteiger charge is 2.34. The largest absolute Gasteiger partial charge is 0.399 e. The van der Waals surface area contributed by atoms with Gasteiger partial charge in [-0.3, -0.25) is 4.79 Å². The Morgan fingerprint density at radius 1 is 1.45 bits per heavy atom. The number of ether oxygens (including phenoxy) is 1. The fourth-order valence-corrected chi connectivity index (χ4v) is 3.16. The van der Waals surface area contributed by atoms with Gasteiger partial charge in [0.1, 0.15) is 0 Å². The SMILES string of the molecule is CC1(C)CCC(CN2CCc3ccc(N)cc3C2=O)O1. The van der Waals surface area contributed by atoms with Crippen molar-refractivity contribution in [3.63, 3.8) is 0 Å². The molecular formula is C16H22N2O2. The molecule has 0 aliphatic carbocycles. The maximum Gasteiger partial charge on any atom is 0.254 e. The summed E-state index contributed by atoms with van der Waals surface area (Å²) >= 11 is 0. The third kappa shape index (κ3) is 2.52. The average Bonchev–Trinajstić information content (AvgIpc) is 2.73. The van der Waals surface area contributed by atoms with Gasteiger partial charge in [-0.15, -0.1) is 0 Å². The van der Waals surface area contributed by atoms with E-state index in [1.54, 1.807) is 6.07 Å². The number of carbonyl (C=O) groups excluding carboxylic acids is 1. The summed E-state index contributed by atoms with van der Waals surface area (Å²) in [5.74, 6) is 0.0897. The number of anilines is 1. The maximum absolute atomic E-state index is 12.5. The Kier molecular flexibility index (Phi) is 3.21. The molecule has 0 spiro atoms. The van der Waals surface area contributed by atoms with Gasteiger partial charge in [0.25, 0.3) is 5.91 Å². The number of hydrogen-bond donors (Lipinski definition) is 1. The monoisotopic (exact) mass is 274 g/mol. The fraction of sp³-hybridized carbons (Fsp3) is 0.562. The number of carbonyl (C=O) groups is 1. The minimum absolute atomic E-state index is 0.0498. The lowest BCUT2D eigenvalue weighted by Gasteiger charge is -2.31. The van der Waals surface area contributed by atoms with Crippen LogP contribution in [-0.2, 0) is 11.2 Å². The molecule has 4 nitrogen and oxygen atoms in total. The molecule has 2 N–H and O–H groups in total. The standard InChI is InChI=1S/C16H22N2O2/c1-16(2)7-5-13(20-16)10-18-8-6-11-3-4-12(17)9-14(11)15(18)19/h3-4,9,13H,5-8,10,17H2,1-2H3. The van der Waals surface area contributed by atoms with Crippen LogP contribution in [0.3, 0.4) is 0 Å². The first-order valence-electron chi connectivity index (χ1n) is 7.30. The zero-order chi connectivity index (χ0) is 14.3. The van der Waals surface area contributed by atoms with Gasteiger partial charge >= 0.3 is 0 Å². The Morgan fingerprint density at radius 2 is 2.25 bits per heavy atom. The van der Waals surface area contributed by atoms with Crippen molar-refractivity contribution in [1.29, 1.82) is 0 Å². The van der Waals surface area contributed by atoms with Gasteiger partial charge in [0, 0.05) is 24.3 Å². The molecule has 1 atom stereocenters. The second-order valence-corrected chi connectivity index (χ2v) is 6.46. The molecule has 1 aromatic carbocycles. The van der Waals surface area contributed by atoms with Crippen LogP contribution in [0.5, 0.6) is 0 Å². The van der Waals surface area contributed by atoms with Crippen molar-refractivity contribution in [2.75, 3.05) is 18.8 Å². The molecule has 3 rings (SSSR count). The summed E-state index contributed by atoms with van der Waals surface area (Å²) in [5.41, 5.74) is 8.26. The van der Waals surface area contributed by atoms with Gasteiger partial charge in [0.2, 0.25) is 0 Å². The highest BCUT2D eigenvalue weighted by atomic mass is 16.5. The van der Waals surface area contributed by atoms with Crippen molar-refractivity contribution in [2.24, 2.45) is 0 Å². The van der Waals surface area contributed by atoms with Gasteiger partial charge in [0.05, 0.1) is 11.7 Å². The van der Waals surface area contributed by atoms with E-state index in [-0.39, 0.29) is 17.6 Å². The summed E-state index contributed by atoms with van der Waals surface area (Å²) in [6.45, 7) is 5.69. The van der Waals surface area contributed by atoms with E-state index >= 15 is 0 Å². The maximum atomic E-state index is 12.5. The number of rotatable bonds is 2. The first kappa shape index (κ1) is 13.4. The third-order valence-corrected chi connectivity index (χ3v) is 4.28. The Labute approximate surface area is 119 Å². The molecular weight excluding hydrogens is 252 g/mol. The van der Waals surface area contributed by atoms with Crippen molar-refractivity contribution in [3.8, 4) is 0 Å². The number of nitrogen functional groups attached to an aromatic ring is 1. The number of nitrogens with zero attached hydrogens (tertiary/aromatic N) is 1. The Hall–Kier alpha value is -1.55. The van der Waals surface area contributed by atoms with E-state index in [9.17, 15) is 4.79 Å². The number of benzene rings is 1. The molecule has 4 heteroatoms. The minimum atomic E-state index is -0.0498. The van der Waals surface area contributed by atoms with Crippen molar-refractivity contribution in [2.45, 2.75) is 44.8 Å². The molecule has 0 bridgehead atoms. The van der Waals surface area contributed by atoms with Crippen LogP contribution in [0.4, 0.5) is 5.69 Å². The normalized spacial score (nSPS) is 24.8. The topological polar surface area (TPSA) is 55.6 Å². The van der Waals surface area contributed by atoms with Crippen LogP contribution < -0.4 is 5.73 Å². The summed E-state index contributed by atoms with van der Waals surface area (Å²) in [7, 11) is 0. The number of hydrogen-bond acceptors (Lipinski definition) is 3. The summed E-state index contributed by atoms with van der Waals surface area (Å²) in [5, 5.41) is 0. The molecule has 20 heavy (non-hydrogen) atoms. The molecule has 108 valence electrons. The van der Waals surface area contributed by atoms with E-state index in [2.05, 4.69) is 13.8 Å². The van der Waals surface area contributed by atoms with Gasteiger partial charge in [0.15, 0.2) is 0 Å². The molecule has 1 unspecified atom stereocenters. The molecule has 2 aliphatic heterocycles. The second-order valence-electron chi connectivity index (χ2n) is 6.46. The van der Waals surface area contributed by atoms with Gasteiger partial charge in [-0.25, -0.2) is 0 Å². The van der Waals surface area contributed by atoms with E-state index < -0.39 is 0 Å². The number of nitrogens with two attached hydrogens (primary N) is 1. The van der Waals surface area contributed by atoms with Crippen LogP contribution in [0, 0.1) is 0 Å². The first-order chi connectivity index (χ1) is 9.44. The molecule has 2 heterocycles. The van der Waals surface area contributed by atoms with Gasteiger partial charge in [-0.05, 0) is 50.8 Å². The van der Waals surface area contributed by atoms with Crippen LogP contribution in [0.15, 0.2) is 18.2 Å². The predicted octanol–water partition coefficient (Wildman–Crippen LogP) is 2.22. The molecule has 1 amide bonds. The second kappa shape index (κ2) is 4.77. The summed E-state index contributed by atoms with van der Waals surface area (Å²) in [6.07, 6.45) is 3.15. The number of fused-ring (bicyclic) bond motifs is 1. The Morgan fingerprint density at radius 3 is 2.95 bits per heavy atom. The van der Waals surface area contributed by atoms with E-state index in [4.69, 9.17) is 10.5 Å². The Bertz CT molecular complexity index is 539. The van der Waals surface area contributed by atoms with Crippen LogP contribution in [0.25, 0.3) is 0 Å². The quantitative estimate of drug-likeness (QED) is 0.841. The minimum Gasteiger partial charge on any atom is -0.399 e. The molecule has 1 aromatic rings. The average molecular weight is 274 g/mol. The summed E-state index contributed by atoms with van der Waals surface area (Å²) in [6, 6.07) is 5.63. The summed E-state index contributed by atoms with van der Waals surface area (Å²) in [4.78, 5) is 14.4. The van der Waals surface area contributed by atoms with E-state index in [0.29, 0.717) is 12.2 Å². The number of amides is 1. The van der Waals surface area contributed by atoms with E-state index in [0.717, 1.165) is 36.9 Å². The van der Waals surface area contributed by atoms with Crippen molar-refractivity contribution in [3.05, 3.63) is 29.3 Å². The molecule has 2 aliphatic rings.